The number of carbonyl (C=O) groups excluding carboxylic acids is 2. The monoisotopic (exact) mass is 417 g/mol. The molecule has 0 aliphatic heterocycles. The average Bonchev–Trinajstić information content (AvgIpc) is 3.09. The van der Waals surface area contributed by atoms with E-state index in [1.165, 1.54) is 36.0 Å². The van der Waals surface area contributed by atoms with E-state index >= 15 is 0 Å². The number of nitrogens with one attached hydrogen (secondary N) is 3. The molecule has 0 unspecified atom stereocenters. The molecule has 3 N–H and O–H groups in total. The zero-order chi connectivity index (χ0) is 19.9. The Labute approximate surface area is 168 Å². The third kappa shape index (κ3) is 6.03. The zero-order valence-electron chi connectivity index (χ0n) is 14.7. The summed E-state index contributed by atoms with van der Waals surface area (Å²) >= 11 is 2.38. The molecular weight excluding hydrogens is 401 g/mol. The number of hydrogen-bond donors (Lipinski definition) is 3. The predicted molar refractivity (Wildman–Crippen MR) is 109 cm³/mol. The first-order valence-corrected chi connectivity index (χ1v) is 9.94. The number of benzene rings is 2. The van der Waals surface area contributed by atoms with Gasteiger partial charge in [0.15, 0.2) is 4.34 Å². The number of thioether (sulfide) groups is 1. The summed E-state index contributed by atoms with van der Waals surface area (Å²) in [6.45, 7) is 1.95. The summed E-state index contributed by atoms with van der Waals surface area (Å²) in [6.07, 6.45) is 0. The van der Waals surface area contributed by atoms with Crippen molar-refractivity contribution >= 4 is 51.5 Å². The Morgan fingerprint density at radius 1 is 1.04 bits per heavy atom. The van der Waals surface area contributed by atoms with Crippen LogP contribution >= 0.6 is 23.1 Å². The highest BCUT2D eigenvalue weighted by molar-refractivity contribution is 8.01. The summed E-state index contributed by atoms with van der Waals surface area (Å²) in [5, 5.41) is 16.0. The standard InChI is InChI=1S/C18H16FN5O2S2/c1-11-3-2-4-14(9-11)20-15(25)10-27-18-24-23-17(28-18)22-16(26)21-13-7-5-12(19)6-8-13/h2-9H,10H2,1H3,(H,20,25)(H2,21,22,23,26). The Bertz CT molecular complexity index is 978. The van der Waals surface area contributed by atoms with Crippen LogP contribution in [0.5, 0.6) is 0 Å². The van der Waals surface area contributed by atoms with Crippen LogP contribution < -0.4 is 16.0 Å². The van der Waals surface area contributed by atoms with Crippen molar-refractivity contribution in [3.63, 3.8) is 0 Å². The topological polar surface area (TPSA) is 96.0 Å². The molecule has 0 atom stereocenters. The van der Waals surface area contributed by atoms with Gasteiger partial charge in [-0.05, 0) is 48.9 Å². The molecule has 0 saturated heterocycles. The molecule has 0 fully saturated rings. The maximum Gasteiger partial charge on any atom is 0.325 e. The summed E-state index contributed by atoms with van der Waals surface area (Å²) in [5.74, 6) is -0.373. The molecular formula is C18H16FN5O2S2. The van der Waals surface area contributed by atoms with E-state index in [-0.39, 0.29) is 17.5 Å². The number of aromatic nitrogens is 2. The van der Waals surface area contributed by atoms with Crippen LogP contribution in [0.1, 0.15) is 5.56 Å². The summed E-state index contributed by atoms with van der Waals surface area (Å²) in [5.41, 5.74) is 2.25. The Morgan fingerprint density at radius 2 is 1.82 bits per heavy atom. The maximum absolute atomic E-state index is 12.9. The number of nitrogens with zero attached hydrogens (tertiary/aromatic N) is 2. The summed E-state index contributed by atoms with van der Waals surface area (Å²) in [7, 11) is 0. The van der Waals surface area contributed by atoms with Crippen molar-refractivity contribution in [1.82, 2.24) is 10.2 Å². The largest absolute Gasteiger partial charge is 0.325 e. The van der Waals surface area contributed by atoms with Crippen molar-refractivity contribution in [3.05, 3.63) is 59.9 Å². The van der Waals surface area contributed by atoms with Gasteiger partial charge in [-0.2, -0.15) is 0 Å². The highest BCUT2D eigenvalue weighted by atomic mass is 32.2. The van der Waals surface area contributed by atoms with Gasteiger partial charge in [0.25, 0.3) is 0 Å². The van der Waals surface area contributed by atoms with Crippen LogP contribution in [-0.4, -0.2) is 27.9 Å². The van der Waals surface area contributed by atoms with Gasteiger partial charge in [-0.3, -0.25) is 10.1 Å². The van der Waals surface area contributed by atoms with E-state index in [0.29, 0.717) is 15.2 Å². The van der Waals surface area contributed by atoms with Gasteiger partial charge in [0.2, 0.25) is 11.0 Å². The first-order chi connectivity index (χ1) is 13.5. The number of urea groups is 1. The number of halogens is 1. The lowest BCUT2D eigenvalue weighted by molar-refractivity contribution is -0.113. The van der Waals surface area contributed by atoms with E-state index in [4.69, 9.17) is 0 Å². The van der Waals surface area contributed by atoms with Crippen LogP contribution in [0.25, 0.3) is 0 Å². The second-order valence-corrected chi connectivity index (χ2v) is 7.87. The lowest BCUT2D eigenvalue weighted by Crippen LogP contribution is -2.19. The highest BCUT2D eigenvalue weighted by Gasteiger charge is 2.11. The van der Waals surface area contributed by atoms with Crippen molar-refractivity contribution in [3.8, 4) is 0 Å². The van der Waals surface area contributed by atoms with E-state index in [1.54, 1.807) is 0 Å². The molecule has 7 nitrogen and oxygen atoms in total. The number of rotatable bonds is 6. The first-order valence-electron chi connectivity index (χ1n) is 8.14. The van der Waals surface area contributed by atoms with Crippen LogP contribution in [0.15, 0.2) is 52.9 Å². The van der Waals surface area contributed by atoms with Gasteiger partial charge in [0.1, 0.15) is 5.82 Å². The van der Waals surface area contributed by atoms with Crippen LogP contribution in [0.4, 0.5) is 25.7 Å². The molecule has 0 aliphatic rings. The first kappa shape index (κ1) is 19.8. The fraction of sp³-hybridized carbons (Fsp3) is 0.111. The molecule has 1 heterocycles. The minimum atomic E-state index is -0.517. The third-order valence-corrected chi connectivity index (χ3v) is 5.33. The van der Waals surface area contributed by atoms with Crippen molar-refractivity contribution < 1.29 is 14.0 Å². The minimum absolute atomic E-state index is 0.158. The fourth-order valence-corrected chi connectivity index (χ4v) is 3.71. The number of hydrogen-bond acceptors (Lipinski definition) is 6. The van der Waals surface area contributed by atoms with Crippen molar-refractivity contribution in [2.24, 2.45) is 0 Å². The van der Waals surface area contributed by atoms with E-state index in [0.717, 1.165) is 22.6 Å². The normalized spacial score (nSPS) is 10.4. The Hall–Kier alpha value is -2.98. The van der Waals surface area contributed by atoms with E-state index < -0.39 is 6.03 Å². The SMILES string of the molecule is Cc1cccc(NC(=O)CSc2nnc(NC(=O)Nc3ccc(F)cc3)s2)c1. The van der Waals surface area contributed by atoms with Crippen molar-refractivity contribution in [2.75, 3.05) is 21.7 Å². The number of aryl methyl sites for hydroxylation is 1. The van der Waals surface area contributed by atoms with Gasteiger partial charge in [0.05, 0.1) is 5.75 Å². The smallest absolute Gasteiger partial charge is 0.325 e. The lowest BCUT2D eigenvalue weighted by atomic mass is 10.2. The summed E-state index contributed by atoms with van der Waals surface area (Å²) in [4.78, 5) is 24.0. The number of anilines is 3. The fourth-order valence-electron chi connectivity index (χ4n) is 2.16. The third-order valence-electron chi connectivity index (χ3n) is 3.36. The van der Waals surface area contributed by atoms with Gasteiger partial charge in [-0.25, -0.2) is 9.18 Å². The second-order valence-electron chi connectivity index (χ2n) is 5.67. The molecule has 10 heteroatoms. The molecule has 0 radical (unpaired) electrons. The molecule has 0 spiro atoms. The van der Waals surface area contributed by atoms with Gasteiger partial charge in [-0.1, -0.05) is 35.2 Å². The quantitative estimate of drug-likeness (QED) is 0.409. The molecule has 3 amide bonds. The van der Waals surface area contributed by atoms with Gasteiger partial charge in [-0.15, -0.1) is 10.2 Å². The second kappa shape index (κ2) is 9.29. The molecule has 2 aromatic carbocycles. The maximum atomic E-state index is 12.9. The lowest BCUT2D eigenvalue weighted by Gasteiger charge is -2.05. The van der Waals surface area contributed by atoms with Crippen molar-refractivity contribution in [2.45, 2.75) is 11.3 Å². The van der Waals surface area contributed by atoms with Crippen LogP contribution in [-0.2, 0) is 4.79 Å². The van der Waals surface area contributed by atoms with E-state index in [2.05, 4.69) is 26.1 Å². The summed E-state index contributed by atoms with van der Waals surface area (Å²) < 4.78 is 13.4. The van der Waals surface area contributed by atoms with Crippen LogP contribution in [0, 0.1) is 12.7 Å². The average molecular weight is 417 g/mol. The summed E-state index contributed by atoms with van der Waals surface area (Å²) in [6, 6.07) is 12.4. The van der Waals surface area contributed by atoms with Crippen molar-refractivity contribution in [1.29, 1.82) is 0 Å². The predicted octanol–water partition coefficient (Wildman–Crippen LogP) is 4.36. The van der Waals surface area contributed by atoms with E-state index in [1.807, 2.05) is 31.2 Å². The molecule has 1 aromatic heterocycles. The highest BCUT2D eigenvalue weighted by Crippen LogP contribution is 2.25. The Morgan fingerprint density at radius 3 is 2.57 bits per heavy atom. The Balaban J connectivity index is 1.46. The van der Waals surface area contributed by atoms with Crippen LogP contribution in [0.2, 0.25) is 0 Å². The van der Waals surface area contributed by atoms with Gasteiger partial charge >= 0.3 is 6.03 Å². The minimum Gasteiger partial charge on any atom is -0.325 e. The van der Waals surface area contributed by atoms with Crippen LogP contribution in [0.3, 0.4) is 0 Å². The number of amides is 3. The molecule has 3 rings (SSSR count). The molecule has 0 aliphatic carbocycles. The molecule has 144 valence electrons. The molecule has 3 aromatic rings. The van der Waals surface area contributed by atoms with Gasteiger partial charge < -0.3 is 10.6 Å². The number of carbonyl (C=O) groups is 2. The van der Waals surface area contributed by atoms with Gasteiger partial charge in [0, 0.05) is 11.4 Å². The zero-order valence-corrected chi connectivity index (χ0v) is 16.4. The molecule has 0 saturated carbocycles. The van der Waals surface area contributed by atoms with E-state index in [9.17, 15) is 14.0 Å². The molecule has 0 bridgehead atoms. The molecule has 28 heavy (non-hydrogen) atoms. The Kier molecular flexibility index (Phi) is 6.56.